The molecule has 2 saturated heterocycles. The third kappa shape index (κ3) is 3.83. The first-order valence-corrected chi connectivity index (χ1v) is 10.5. The molecule has 0 amide bonds. The van der Waals surface area contributed by atoms with Crippen LogP contribution in [0.5, 0.6) is 0 Å². The van der Waals surface area contributed by atoms with Crippen molar-refractivity contribution in [2.24, 2.45) is 0 Å². The van der Waals surface area contributed by atoms with Crippen LogP contribution in [-0.4, -0.2) is 51.4 Å². The maximum atomic E-state index is 13.7. The van der Waals surface area contributed by atoms with Crippen LogP contribution in [0.1, 0.15) is 24.2 Å². The molecule has 31 heavy (non-hydrogen) atoms. The maximum Gasteiger partial charge on any atom is 0.269 e. The third-order valence-electron chi connectivity index (χ3n) is 5.90. The molecule has 162 valence electrons. The van der Waals surface area contributed by atoms with Gasteiger partial charge in [-0.05, 0) is 19.1 Å². The van der Waals surface area contributed by atoms with Crippen LogP contribution in [0.15, 0.2) is 39.9 Å². The first kappa shape index (κ1) is 20.1. The number of alkyl halides is 1. The van der Waals surface area contributed by atoms with Crippen molar-refractivity contribution in [3.05, 3.63) is 57.4 Å². The summed E-state index contributed by atoms with van der Waals surface area (Å²) in [6, 6.07) is 5.01. The highest BCUT2D eigenvalue weighted by Gasteiger charge is 2.48. The van der Waals surface area contributed by atoms with E-state index in [4.69, 9.17) is 20.9 Å². The molecule has 0 aromatic carbocycles. The number of anilines is 1. The summed E-state index contributed by atoms with van der Waals surface area (Å²) in [6.45, 7) is 3.58. The lowest BCUT2D eigenvalue weighted by Gasteiger charge is -2.53. The largest absolute Gasteiger partial charge is 0.371 e. The minimum Gasteiger partial charge on any atom is -0.371 e. The molecule has 3 aromatic rings. The molecule has 0 radical (unpaired) electrons. The predicted octanol–water partition coefficient (Wildman–Crippen LogP) is 3.01. The van der Waals surface area contributed by atoms with E-state index in [1.165, 1.54) is 4.68 Å². The summed E-state index contributed by atoms with van der Waals surface area (Å²) in [5, 5.41) is 8.83. The standard InChI is InChI=1S/C21H21ClFN5O3/c1-13-17(20(26-31-13)14-2-3-18(22)24-8-14)10-28-19(29)6-16(9-25-28)27-11-21(12-27)7-15(23)4-5-30-21/h2-3,6,8-9,15H,4-5,7,10-12H2,1H3/t15-/m0/s1. The Bertz CT molecular complexity index is 1160. The van der Waals surface area contributed by atoms with Crippen LogP contribution in [0, 0.1) is 6.92 Å². The van der Waals surface area contributed by atoms with Crippen LogP contribution in [0.3, 0.4) is 0 Å². The molecule has 0 unspecified atom stereocenters. The number of ether oxygens (including phenoxy) is 1. The lowest BCUT2D eigenvalue weighted by atomic mass is 9.85. The zero-order chi connectivity index (χ0) is 21.6. The molecule has 2 fully saturated rings. The molecule has 0 N–H and O–H groups in total. The van der Waals surface area contributed by atoms with E-state index in [9.17, 15) is 9.18 Å². The second kappa shape index (κ2) is 7.72. The van der Waals surface area contributed by atoms with Gasteiger partial charge in [0.05, 0.1) is 25.0 Å². The molecule has 0 saturated carbocycles. The second-order valence-electron chi connectivity index (χ2n) is 8.12. The lowest BCUT2D eigenvalue weighted by molar-refractivity contribution is -0.117. The van der Waals surface area contributed by atoms with E-state index in [0.717, 1.165) is 11.1 Å². The van der Waals surface area contributed by atoms with Gasteiger partial charge in [-0.3, -0.25) is 4.79 Å². The Morgan fingerprint density at radius 2 is 2.16 bits per heavy atom. The third-order valence-corrected chi connectivity index (χ3v) is 6.13. The van der Waals surface area contributed by atoms with Gasteiger partial charge in [-0.1, -0.05) is 16.8 Å². The Balaban J connectivity index is 1.34. The quantitative estimate of drug-likeness (QED) is 0.570. The minimum atomic E-state index is -0.820. The van der Waals surface area contributed by atoms with Gasteiger partial charge >= 0.3 is 0 Å². The van der Waals surface area contributed by atoms with Gasteiger partial charge in [-0.25, -0.2) is 14.1 Å². The van der Waals surface area contributed by atoms with Gasteiger partial charge in [0.25, 0.3) is 5.56 Å². The van der Waals surface area contributed by atoms with E-state index in [0.29, 0.717) is 54.8 Å². The molecule has 2 aliphatic heterocycles. The summed E-state index contributed by atoms with van der Waals surface area (Å²) < 4.78 is 26.3. The Morgan fingerprint density at radius 3 is 2.87 bits per heavy atom. The van der Waals surface area contributed by atoms with Crippen LogP contribution >= 0.6 is 11.6 Å². The summed E-state index contributed by atoms with van der Waals surface area (Å²) in [7, 11) is 0. The summed E-state index contributed by atoms with van der Waals surface area (Å²) in [4.78, 5) is 18.8. The molecule has 5 rings (SSSR count). The number of aryl methyl sites for hydroxylation is 1. The Kier molecular flexibility index (Phi) is 5.02. The summed E-state index contributed by atoms with van der Waals surface area (Å²) in [6.07, 6.45) is 3.30. The van der Waals surface area contributed by atoms with Gasteiger partial charge in [0.1, 0.15) is 28.4 Å². The van der Waals surface area contributed by atoms with Crippen molar-refractivity contribution in [2.75, 3.05) is 24.6 Å². The van der Waals surface area contributed by atoms with Crippen molar-refractivity contribution < 1.29 is 13.7 Å². The first-order chi connectivity index (χ1) is 14.9. The fourth-order valence-electron chi connectivity index (χ4n) is 4.21. The van der Waals surface area contributed by atoms with Gasteiger partial charge in [0, 0.05) is 49.3 Å². The smallest absolute Gasteiger partial charge is 0.269 e. The molecule has 10 heteroatoms. The van der Waals surface area contributed by atoms with Crippen LogP contribution in [0.4, 0.5) is 10.1 Å². The minimum absolute atomic E-state index is 0.211. The van der Waals surface area contributed by atoms with E-state index in [2.05, 4.69) is 15.2 Å². The van der Waals surface area contributed by atoms with Gasteiger partial charge in [0.15, 0.2) is 0 Å². The first-order valence-electron chi connectivity index (χ1n) is 10.1. The molecule has 0 aliphatic carbocycles. The summed E-state index contributed by atoms with van der Waals surface area (Å²) in [5.74, 6) is 0.600. The number of rotatable bonds is 4. The SMILES string of the molecule is Cc1onc(-c2ccc(Cl)nc2)c1Cn1ncc(N2CC3(C[C@@H](F)CCO3)C2)cc1=O. The van der Waals surface area contributed by atoms with Gasteiger partial charge in [-0.2, -0.15) is 5.10 Å². The molecular formula is C21H21ClFN5O3. The van der Waals surface area contributed by atoms with E-state index in [1.54, 1.807) is 37.5 Å². The van der Waals surface area contributed by atoms with Crippen LogP contribution in [0.2, 0.25) is 5.15 Å². The Hall–Kier alpha value is -2.78. The van der Waals surface area contributed by atoms with Crippen molar-refractivity contribution in [3.63, 3.8) is 0 Å². The molecule has 2 aliphatic rings. The molecule has 8 nitrogen and oxygen atoms in total. The van der Waals surface area contributed by atoms with Gasteiger partial charge < -0.3 is 14.2 Å². The van der Waals surface area contributed by atoms with Crippen molar-refractivity contribution in [3.8, 4) is 11.3 Å². The number of aromatic nitrogens is 4. The van der Waals surface area contributed by atoms with Crippen molar-refractivity contribution in [1.29, 1.82) is 0 Å². The average Bonchev–Trinajstić information content (AvgIpc) is 3.08. The van der Waals surface area contributed by atoms with Crippen LogP contribution in [-0.2, 0) is 11.3 Å². The topological polar surface area (TPSA) is 86.3 Å². The molecule has 1 atom stereocenters. The highest BCUT2D eigenvalue weighted by atomic mass is 35.5. The monoisotopic (exact) mass is 445 g/mol. The van der Waals surface area contributed by atoms with E-state index >= 15 is 0 Å². The number of halogens is 2. The Labute approximate surface area is 182 Å². The predicted molar refractivity (Wildman–Crippen MR) is 112 cm³/mol. The van der Waals surface area contributed by atoms with Crippen LogP contribution < -0.4 is 10.5 Å². The molecule has 3 aromatic heterocycles. The van der Waals surface area contributed by atoms with Crippen molar-refractivity contribution in [1.82, 2.24) is 19.9 Å². The molecule has 1 spiro atoms. The highest BCUT2D eigenvalue weighted by molar-refractivity contribution is 6.29. The zero-order valence-corrected chi connectivity index (χ0v) is 17.7. The van der Waals surface area contributed by atoms with Crippen molar-refractivity contribution >= 4 is 17.3 Å². The Morgan fingerprint density at radius 1 is 1.32 bits per heavy atom. The van der Waals surface area contributed by atoms with E-state index in [-0.39, 0.29) is 12.1 Å². The van der Waals surface area contributed by atoms with E-state index < -0.39 is 11.8 Å². The normalized spacial score (nSPS) is 20.1. The van der Waals surface area contributed by atoms with Crippen molar-refractivity contribution in [2.45, 2.75) is 38.1 Å². The highest BCUT2D eigenvalue weighted by Crippen LogP contribution is 2.37. The van der Waals surface area contributed by atoms with Gasteiger partial charge in [-0.15, -0.1) is 0 Å². The average molecular weight is 446 g/mol. The van der Waals surface area contributed by atoms with Crippen LogP contribution in [0.25, 0.3) is 11.3 Å². The summed E-state index contributed by atoms with van der Waals surface area (Å²) in [5.41, 5.74) is 2.12. The summed E-state index contributed by atoms with van der Waals surface area (Å²) >= 11 is 5.87. The van der Waals surface area contributed by atoms with E-state index in [1.807, 2.05) is 4.90 Å². The molecule has 5 heterocycles. The number of pyridine rings is 1. The zero-order valence-electron chi connectivity index (χ0n) is 16.9. The number of nitrogens with zero attached hydrogens (tertiary/aromatic N) is 5. The van der Waals surface area contributed by atoms with Gasteiger partial charge in [0.2, 0.25) is 0 Å². The number of hydrogen-bond donors (Lipinski definition) is 0. The fraction of sp³-hybridized carbons (Fsp3) is 0.429. The second-order valence-corrected chi connectivity index (χ2v) is 8.51. The number of hydrogen-bond acceptors (Lipinski definition) is 7. The molecular weight excluding hydrogens is 425 g/mol. The maximum absolute atomic E-state index is 13.7. The lowest BCUT2D eigenvalue weighted by Crippen LogP contribution is -2.66. The molecule has 0 bridgehead atoms. The fourth-order valence-corrected chi connectivity index (χ4v) is 4.32.